The molecule has 0 saturated heterocycles. The van der Waals surface area contributed by atoms with Gasteiger partial charge in [-0.1, -0.05) is 0 Å². The summed E-state index contributed by atoms with van der Waals surface area (Å²) in [6.45, 7) is 2.42. The molecule has 0 amide bonds. The number of hydrogen-bond donors (Lipinski definition) is 1. The first-order valence-electron chi connectivity index (χ1n) is 5.65. The average molecular weight is 261 g/mol. The van der Waals surface area contributed by atoms with E-state index in [2.05, 4.69) is 10.3 Å². The van der Waals surface area contributed by atoms with E-state index in [-0.39, 0.29) is 0 Å². The van der Waals surface area contributed by atoms with Crippen LogP contribution in [0, 0.1) is 22.9 Å². The lowest BCUT2D eigenvalue weighted by atomic mass is 10.1. The number of aryl methyl sites for hydroxylation is 1. The van der Waals surface area contributed by atoms with Crippen molar-refractivity contribution in [2.75, 3.05) is 5.32 Å². The predicted octanol–water partition coefficient (Wildman–Crippen LogP) is 3.05. The first-order valence-corrected chi connectivity index (χ1v) is 5.65. The molecule has 1 aromatic heterocycles. The number of nitro groups is 1. The summed E-state index contributed by atoms with van der Waals surface area (Å²) in [6, 6.07) is 5.61. The van der Waals surface area contributed by atoms with Gasteiger partial charge < -0.3 is 5.32 Å². The summed E-state index contributed by atoms with van der Waals surface area (Å²) < 4.78 is 13.2. The molecule has 0 aliphatic carbocycles. The Bertz CT molecular complexity index is 617. The van der Waals surface area contributed by atoms with Crippen molar-refractivity contribution in [2.45, 2.75) is 13.5 Å². The summed E-state index contributed by atoms with van der Waals surface area (Å²) in [5, 5.41) is 13.6. The van der Waals surface area contributed by atoms with Gasteiger partial charge >= 0.3 is 5.69 Å². The zero-order valence-electron chi connectivity index (χ0n) is 10.3. The van der Waals surface area contributed by atoms with E-state index in [1.54, 1.807) is 12.4 Å². The number of nitrogens with one attached hydrogen (secondary N) is 1. The second-order valence-corrected chi connectivity index (χ2v) is 4.08. The van der Waals surface area contributed by atoms with Crippen LogP contribution in [0.5, 0.6) is 0 Å². The topological polar surface area (TPSA) is 68.1 Å². The van der Waals surface area contributed by atoms with E-state index in [0.29, 0.717) is 12.2 Å². The molecular weight excluding hydrogens is 249 g/mol. The van der Waals surface area contributed by atoms with E-state index in [1.165, 1.54) is 12.1 Å². The lowest BCUT2D eigenvalue weighted by Crippen LogP contribution is -2.03. The Balaban J connectivity index is 2.14. The van der Waals surface area contributed by atoms with Crippen molar-refractivity contribution in [3.05, 3.63) is 63.7 Å². The van der Waals surface area contributed by atoms with Crippen LogP contribution >= 0.6 is 0 Å². The maximum atomic E-state index is 13.2. The van der Waals surface area contributed by atoms with E-state index in [4.69, 9.17) is 0 Å². The van der Waals surface area contributed by atoms with Crippen LogP contribution in [0.1, 0.15) is 11.1 Å². The van der Waals surface area contributed by atoms with Gasteiger partial charge in [0.15, 0.2) is 0 Å². The van der Waals surface area contributed by atoms with Gasteiger partial charge in [0.05, 0.1) is 4.92 Å². The molecule has 1 N–H and O–H groups in total. The van der Waals surface area contributed by atoms with Crippen LogP contribution < -0.4 is 5.32 Å². The smallest absolute Gasteiger partial charge is 0.306 e. The highest BCUT2D eigenvalue weighted by Gasteiger charge is 2.14. The van der Waals surface area contributed by atoms with Gasteiger partial charge in [0.1, 0.15) is 0 Å². The van der Waals surface area contributed by atoms with Crippen molar-refractivity contribution >= 4 is 11.4 Å². The lowest BCUT2D eigenvalue weighted by molar-refractivity contribution is -0.387. The molecular formula is C13H12FN3O2. The Hall–Kier alpha value is -2.50. The third-order valence-corrected chi connectivity index (χ3v) is 2.77. The fourth-order valence-corrected chi connectivity index (χ4v) is 1.64. The Morgan fingerprint density at radius 2 is 2.21 bits per heavy atom. The quantitative estimate of drug-likeness (QED) is 0.678. The molecule has 0 radical (unpaired) electrons. The molecule has 0 atom stereocenters. The first-order chi connectivity index (χ1) is 9.08. The second-order valence-electron chi connectivity index (χ2n) is 4.08. The molecule has 0 bridgehead atoms. The fraction of sp³-hybridized carbons (Fsp3) is 0.154. The van der Waals surface area contributed by atoms with E-state index in [1.807, 2.05) is 13.0 Å². The summed E-state index contributed by atoms with van der Waals surface area (Å²) >= 11 is 0. The summed E-state index contributed by atoms with van der Waals surface area (Å²) in [7, 11) is 0. The standard InChI is InChI=1S/C13H12FN3O2/c1-9-4-5-15-7-10(9)8-16-11-2-3-12(14)13(6-11)17(18)19/h2-7,16H,8H2,1H3. The van der Waals surface area contributed by atoms with Gasteiger partial charge in [-0.3, -0.25) is 15.1 Å². The molecule has 6 heteroatoms. The number of halogens is 1. The van der Waals surface area contributed by atoms with E-state index < -0.39 is 16.4 Å². The zero-order valence-corrected chi connectivity index (χ0v) is 10.3. The maximum absolute atomic E-state index is 13.2. The Labute approximate surface area is 109 Å². The molecule has 0 aliphatic heterocycles. The molecule has 2 rings (SSSR count). The van der Waals surface area contributed by atoms with Crippen molar-refractivity contribution in [1.82, 2.24) is 4.98 Å². The molecule has 0 aliphatic rings. The van der Waals surface area contributed by atoms with Crippen molar-refractivity contribution in [2.24, 2.45) is 0 Å². The normalized spacial score (nSPS) is 10.2. The Kier molecular flexibility index (Phi) is 3.70. The molecule has 0 saturated carbocycles. The number of hydrogen-bond acceptors (Lipinski definition) is 4. The van der Waals surface area contributed by atoms with Crippen molar-refractivity contribution in [1.29, 1.82) is 0 Å². The van der Waals surface area contributed by atoms with Crippen LogP contribution in [-0.4, -0.2) is 9.91 Å². The molecule has 5 nitrogen and oxygen atoms in total. The highest BCUT2D eigenvalue weighted by molar-refractivity contribution is 5.52. The fourth-order valence-electron chi connectivity index (χ4n) is 1.64. The SMILES string of the molecule is Cc1ccncc1CNc1ccc(F)c([N+](=O)[O-])c1. The van der Waals surface area contributed by atoms with Crippen molar-refractivity contribution in [3.63, 3.8) is 0 Å². The molecule has 2 aromatic rings. The van der Waals surface area contributed by atoms with E-state index >= 15 is 0 Å². The van der Waals surface area contributed by atoms with Crippen LogP contribution in [0.2, 0.25) is 0 Å². The van der Waals surface area contributed by atoms with Gasteiger partial charge in [0.2, 0.25) is 5.82 Å². The summed E-state index contributed by atoms with van der Waals surface area (Å²) in [5.41, 5.74) is 2.01. The van der Waals surface area contributed by atoms with Gasteiger partial charge in [0.25, 0.3) is 0 Å². The van der Waals surface area contributed by atoms with Gasteiger partial charge in [-0.05, 0) is 36.2 Å². The van der Waals surface area contributed by atoms with Crippen molar-refractivity contribution < 1.29 is 9.31 Å². The molecule has 1 heterocycles. The second kappa shape index (κ2) is 5.43. The first kappa shape index (κ1) is 12.9. The van der Waals surface area contributed by atoms with Gasteiger partial charge in [-0.25, -0.2) is 0 Å². The number of rotatable bonds is 4. The Morgan fingerprint density at radius 1 is 1.42 bits per heavy atom. The van der Waals surface area contributed by atoms with E-state index in [0.717, 1.165) is 17.2 Å². The highest BCUT2D eigenvalue weighted by Crippen LogP contribution is 2.22. The molecule has 0 unspecified atom stereocenters. The van der Waals surface area contributed by atoms with Gasteiger partial charge in [-0.2, -0.15) is 4.39 Å². The monoisotopic (exact) mass is 261 g/mol. The lowest BCUT2D eigenvalue weighted by Gasteiger charge is -2.08. The van der Waals surface area contributed by atoms with Crippen LogP contribution in [0.25, 0.3) is 0 Å². The largest absolute Gasteiger partial charge is 0.381 e. The third-order valence-electron chi connectivity index (χ3n) is 2.77. The van der Waals surface area contributed by atoms with Crippen LogP contribution in [0.3, 0.4) is 0 Å². The molecule has 19 heavy (non-hydrogen) atoms. The van der Waals surface area contributed by atoms with Gasteiger partial charge in [0, 0.05) is 30.7 Å². The molecule has 1 aromatic carbocycles. The van der Waals surface area contributed by atoms with Crippen LogP contribution in [0.15, 0.2) is 36.7 Å². The number of nitro benzene ring substituents is 1. The average Bonchev–Trinajstić information content (AvgIpc) is 2.39. The minimum absolute atomic E-state index is 0.475. The molecule has 0 spiro atoms. The van der Waals surface area contributed by atoms with Crippen molar-refractivity contribution in [3.8, 4) is 0 Å². The minimum Gasteiger partial charge on any atom is -0.381 e. The van der Waals surface area contributed by atoms with Gasteiger partial charge in [-0.15, -0.1) is 0 Å². The molecule has 0 fully saturated rings. The summed E-state index contributed by atoms with van der Waals surface area (Å²) in [6.07, 6.45) is 3.42. The predicted molar refractivity (Wildman–Crippen MR) is 69.4 cm³/mol. The minimum atomic E-state index is -0.840. The highest BCUT2D eigenvalue weighted by atomic mass is 19.1. The molecule has 98 valence electrons. The van der Waals surface area contributed by atoms with E-state index in [9.17, 15) is 14.5 Å². The summed E-state index contributed by atoms with van der Waals surface area (Å²) in [4.78, 5) is 13.9. The zero-order chi connectivity index (χ0) is 13.8. The third kappa shape index (κ3) is 3.04. The van der Waals surface area contributed by atoms with Crippen LogP contribution in [0.4, 0.5) is 15.8 Å². The van der Waals surface area contributed by atoms with Crippen LogP contribution in [-0.2, 0) is 6.54 Å². The number of nitrogens with zero attached hydrogens (tertiary/aromatic N) is 2. The number of pyridine rings is 1. The number of aromatic nitrogens is 1. The number of anilines is 1. The number of benzene rings is 1. The maximum Gasteiger partial charge on any atom is 0.306 e. The Morgan fingerprint density at radius 3 is 2.89 bits per heavy atom. The summed E-state index contributed by atoms with van der Waals surface area (Å²) in [5.74, 6) is -0.840.